The van der Waals surface area contributed by atoms with Crippen molar-refractivity contribution in [3.05, 3.63) is 65.2 Å². The normalized spacial score (nSPS) is 21.3. The number of amides is 1. The number of fused-ring (bicyclic) bond motifs is 1. The van der Waals surface area contributed by atoms with Gasteiger partial charge in [-0.15, -0.1) is 0 Å². The zero-order valence-electron chi connectivity index (χ0n) is 19.6. The molecule has 1 fully saturated rings. The second-order valence-corrected chi connectivity index (χ2v) is 8.85. The summed E-state index contributed by atoms with van der Waals surface area (Å²) >= 11 is 0. The average molecular weight is 450 g/mol. The van der Waals surface area contributed by atoms with E-state index in [1.165, 1.54) is 16.7 Å². The summed E-state index contributed by atoms with van der Waals surface area (Å²) in [5, 5.41) is 9.74. The van der Waals surface area contributed by atoms with Gasteiger partial charge in [-0.3, -0.25) is 9.69 Å². The summed E-state index contributed by atoms with van der Waals surface area (Å²) in [6.07, 6.45) is 0.772. The van der Waals surface area contributed by atoms with E-state index in [2.05, 4.69) is 65.0 Å². The van der Waals surface area contributed by atoms with Gasteiger partial charge in [0.2, 0.25) is 5.91 Å². The molecule has 33 heavy (non-hydrogen) atoms. The number of hydrogen-bond donors (Lipinski definition) is 3. The van der Waals surface area contributed by atoms with Crippen LogP contribution in [0.4, 0.5) is 5.69 Å². The number of para-hydroxylation sites is 1. The zero-order chi connectivity index (χ0) is 23.0. The van der Waals surface area contributed by atoms with E-state index in [0.717, 1.165) is 44.4 Å². The molecule has 1 amide bonds. The van der Waals surface area contributed by atoms with Gasteiger partial charge in [-0.05, 0) is 36.6 Å². The molecule has 0 spiro atoms. The Morgan fingerprint density at radius 2 is 2.03 bits per heavy atom. The third-order valence-electron chi connectivity index (χ3n) is 6.11. The summed E-state index contributed by atoms with van der Waals surface area (Å²) in [4.78, 5) is 19.4. The fourth-order valence-corrected chi connectivity index (χ4v) is 4.53. The molecular weight excluding hydrogens is 414 g/mol. The first-order chi connectivity index (χ1) is 16.1. The van der Waals surface area contributed by atoms with Crippen LogP contribution >= 0.6 is 0 Å². The summed E-state index contributed by atoms with van der Waals surface area (Å²) in [5.74, 6) is 0.959. The lowest BCUT2D eigenvalue weighted by Crippen LogP contribution is -2.40. The van der Waals surface area contributed by atoms with Crippen molar-refractivity contribution < 1.29 is 9.53 Å². The fraction of sp³-hybridized carbons (Fsp3) is 0.462. The van der Waals surface area contributed by atoms with Crippen LogP contribution in [0.1, 0.15) is 42.9 Å². The number of nitrogens with zero attached hydrogens (tertiary/aromatic N) is 2. The van der Waals surface area contributed by atoms with Gasteiger partial charge in [0.15, 0.2) is 5.96 Å². The quantitative estimate of drug-likeness (QED) is 0.447. The average Bonchev–Trinajstić information content (AvgIpc) is 2.81. The van der Waals surface area contributed by atoms with Crippen LogP contribution in [-0.4, -0.2) is 55.7 Å². The number of anilines is 1. The number of carbonyl (C=O) groups excluding carboxylic acids is 1. The van der Waals surface area contributed by atoms with Crippen LogP contribution in [0.3, 0.4) is 0 Å². The topological polar surface area (TPSA) is 78.0 Å². The minimum Gasteiger partial charge on any atom is -0.376 e. The first-order valence-corrected chi connectivity index (χ1v) is 11.9. The molecule has 2 unspecified atom stereocenters. The monoisotopic (exact) mass is 449 g/mol. The van der Waals surface area contributed by atoms with Crippen LogP contribution in [0.25, 0.3) is 0 Å². The van der Waals surface area contributed by atoms with E-state index >= 15 is 0 Å². The molecule has 2 atom stereocenters. The Balaban J connectivity index is 1.37. The number of benzene rings is 2. The summed E-state index contributed by atoms with van der Waals surface area (Å²) in [7, 11) is 0. The third-order valence-corrected chi connectivity index (χ3v) is 6.11. The first-order valence-electron chi connectivity index (χ1n) is 11.9. The molecule has 0 saturated carbocycles. The molecule has 3 N–H and O–H groups in total. The lowest BCUT2D eigenvalue weighted by atomic mass is 9.90. The van der Waals surface area contributed by atoms with Crippen LogP contribution in [-0.2, 0) is 22.6 Å². The predicted molar refractivity (Wildman–Crippen MR) is 132 cm³/mol. The Morgan fingerprint density at radius 1 is 1.18 bits per heavy atom. The molecule has 2 aromatic carbocycles. The third kappa shape index (κ3) is 6.55. The van der Waals surface area contributed by atoms with Crippen molar-refractivity contribution in [2.45, 2.75) is 45.4 Å². The van der Waals surface area contributed by atoms with Gasteiger partial charge in [0, 0.05) is 50.7 Å². The largest absolute Gasteiger partial charge is 0.376 e. The van der Waals surface area contributed by atoms with Gasteiger partial charge in [0.25, 0.3) is 0 Å². The van der Waals surface area contributed by atoms with Crippen molar-refractivity contribution in [2.24, 2.45) is 4.99 Å². The van der Waals surface area contributed by atoms with Crippen LogP contribution in [0, 0.1) is 0 Å². The summed E-state index contributed by atoms with van der Waals surface area (Å²) in [6.45, 7) is 9.92. The molecule has 0 bridgehead atoms. The van der Waals surface area contributed by atoms with E-state index in [1.54, 1.807) is 0 Å². The van der Waals surface area contributed by atoms with Gasteiger partial charge < -0.3 is 20.7 Å². The van der Waals surface area contributed by atoms with Crippen LogP contribution < -0.4 is 16.0 Å². The molecule has 2 aliphatic rings. The lowest BCUT2D eigenvalue weighted by Gasteiger charge is -2.31. The van der Waals surface area contributed by atoms with Crippen molar-refractivity contribution >= 4 is 17.6 Å². The van der Waals surface area contributed by atoms with E-state index in [-0.39, 0.29) is 11.8 Å². The maximum Gasteiger partial charge on any atom is 0.225 e. The highest BCUT2D eigenvalue weighted by atomic mass is 16.5. The minimum atomic E-state index is 0.0638. The number of nitrogens with one attached hydrogen (secondary N) is 3. The highest BCUT2D eigenvalue weighted by Crippen LogP contribution is 2.31. The molecule has 7 nitrogen and oxygen atoms in total. The number of morpholine rings is 1. The van der Waals surface area contributed by atoms with Crippen molar-refractivity contribution in [3.63, 3.8) is 0 Å². The van der Waals surface area contributed by atoms with Crippen LogP contribution in [0.15, 0.2) is 53.5 Å². The number of guanidine groups is 1. The minimum absolute atomic E-state index is 0.0638. The van der Waals surface area contributed by atoms with E-state index in [4.69, 9.17) is 9.73 Å². The number of aliphatic imine (C=N–C) groups is 1. The molecule has 0 radical (unpaired) electrons. The first kappa shape index (κ1) is 23.3. The molecule has 4 rings (SSSR count). The standard InChI is InChI=1S/C26H35N5O2/c1-3-27-26(29-16-22-14-25(32)30-24-10-5-4-9-23(22)24)28-15-20-7-6-8-21(13-20)18-31-11-12-33-19(2)17-31/h4-10,13,19,22H,3,11-12,14-18H2,1-2H3,(H,30,32)(H2,27,28,29). The van der Waals surface area contributed by atoms with E-state index in [9.17, 15) is 4.79 Å². The van der Waals surface area contributed by atoms with Gasteiger partial charge >= 0.3 is 0 Å². The molecule has 2 aromatic rings. The molecule has 2 aliphatic heterocycles. The highest BCUT2D eigenvalue weighted by Gasteiger charge is 2.24. The van der Waals surface area contributed by atoms with Gasteiger partial charge in [0.05, 0.1) is 19.3 Å². The predicted octanol–water partition coefficient (Wildman–Crippen LogP) is 3.09. The lowest BCUT2D eigenvalue weighted by molar-refractivity contribution is -0.116. The van der Waals surface area contributed by atoms with Gasteiger partial charge in [-0.2, -0.15) is 0 Å². The summed E-state index contributed by atoms with van der Waals surface area (Å²) < 4.78 is 5.65. The summed E-state index contributed by atoms with van der Waals surface area (Å²) in [6, 6.07) is 16.7. The van der Waals surface area contributed by atoms with Crippen molar-refractivity contribution in [2.75, 3.05) is 38.1 Å². The maximum atomic E-state index is 12.1. The molecule has 176 valence electrons. The Bertz CT molecular complexity index is 977. The van der Waals surface area contributed by atoms with Crippen LogP contribution in [0.2, 0.25) is 0 Å². The number of rotatable bonds is 7. The number of ether oxygens (including phenoxy) is 1. The number of hydrogen-bond acceptors (Lipinski definition) is 4. The maximum absolute atomic E-state index is 12.1. The van der Waals surface area contributed by atoms with E-state index in [1.807, 2.05) is 18.2 Å². The fourth-order valence-electron chi connectivity index (χ4n) is 4.53. The Morgan fingerprint density at radius 3 is 2.88 bits per heavy atom. The zero-order valence-corrected chi connectivity index (χ0v) is 19.6. The highest BCUT2D eigenvalue weighted by molar-refractivity contribution is 5.94. The van der Waals surface area contributed by atoms with Crippen molar-refractivity contribution in [1.29, 1.82) is 0 Å². The second kappa shape index (κ2) is 11.3. The molecule has 1 saturated heterocycles. The van der Waals surface area contributed by atoms with Crippen LogP contribution in [0.5, 0.6) is 0 Å². The smallest absolute Gasteiger partial charge is 0.225 e. The van der Waals surface area contributed by atoms with Gasteiger partial charge in [-0.1, -0.05) is 42.5 Å². The molecule has 0 aliphatic carbocycles. The number of carbonyl (C=O) groups is 1. The Hall–Kier alpha value is -2.90. The second-order valence-electron chi connectivity index (χ2n) is 8.85. The molecule has 2 heterocycles. The van der Waals surface area contributed by atoms with Gasteiger partial charge in [0.1, 0.15) is 0 Å². The summed E-state index contributed by atoms with van der Waals surface area (Å²) in [5.41, 5.74) is 4.58. The van der Waals surface area contributed by atoms with Crippen molar-refractivity contribution in [3.8, 4) is 0 Å². The van der Waals surface area contributed by atoms with Gasteiger partial charge in [-0.25, -0.2) is 4.99 Å². The molecular formula is C26H35N5O2. The molecule has 0 aromatic heterocycles. The Kier molecular flexibility index (Phi) is 7.96. The van der Waals surface area contributed by atoms with E-state index < -0.39 is 0 Å². The van der Waals surface area contributed by atoms with E-state index in [0.29, 0.717) is 25.6 Å². The SMILES string of the molecule is CCNC(=NCc1cccc(CN2CCOC(C)C2)c1)NCC1CC(=O)Nc2ccccc21. The Labute approximate surface area is 196 Å². The van der Waals surface area contributed by atoms with Crippen molar-refractivity contribution in [1.82, 2.24) is 15.5 Å². The molecule has 7 heteroatoms.